The van der Waals surface area contributed by atoms with Gasteiger partial charge in [0, 0.05) is 23.3 Å². The number of methoxy groups -OCH3 is 1. The number of benzene rings is 2. The van der Waals surface area contributed by atoms with E-state index in [0.29, 0.717) is 35.3 Å². The number of aromatic amines is 1. The second kappa shape index (κ2) is 7.72. The van der Waals surface area contributed by atoms with Gasteiger partial charge in [0.25, 0.3) is 11.8 Å². The van der Waals surface area contributed by atoms with Crippen LogP contribution in [0.1, 0.15) is 20.8 Å². The fraction of sp³-hybridized carbons (Fsp3) is 0.200. The van der Waals surface area contributed by atoms with Crippen LogP contribution >= 0.6 is 0 Å². The highest BCUT2D eigenvalue weighted by molar-refractivity contribution is 6.12. The van der Waals surface area contributed by atoms with Crippen LogP contribution in [0.4, 0.5) is 11.4 Å². The number of anilines is 2. The van der Waals surface area contributed by atoms with Gasteiger partial charge in [-0.3, -0.25) is 14.7 Å². The van der Waals surface area contributed by atoms with E-state index in [0.717, 1.165) is 5.69 Å². The van der Waals surface area contributed by atoms with E-state index in [4.69, 9.17) is 9.47 Å². The molecule has 9 nitrogen and oxygen atoms in total. The Morgan fingerprint density at radius 3 is 2.72 bits per heavy atom. The molecule has 1 aliphatic heterocycles. The summed E-state index contributed by atoms with van der Waals surface area (Å²) in [6.45, 7) is 1.05. The molecule has 9 heteroatoms. The molecule has 1 aliphatic rings. The van der Waals surface area contributed by atoms with Gasteiger partial charge in [0.15, 0.2) is 5.69 Å². The normalized spacial score (nSPS) is 14.1. The number of amides is 2. The molecule has 3 aromatic rings. The molecule has 0 atom stereocenters. The summed E-state index contributed by atoms with van der Waals surface area (Å²) in [7, 11) is 1.30. The Kier molecular flexibility index (Phi) is 4.96. The molecule has 1 fully saturated rings. The largest absolute Gasteiger partial charge is 0.465 e. The maximum absolute atomic E-state index is 12.7. The smallest absolute Gasteiger partial charge is 0.337 e. The molecule has 0 unspecified atom stereocenters. The second-order valence-corrected chi connectivity index (χ2v) is 6.42. The van der Waals surface area contributed by atoms with Gasteiger partial charge in [-0.15, -0.1) is 0 Å². The summed E-state index contributed by atoms with van der Waals surface area (Å²) < 4.78 is 9.85. The van der Waals surface area contributed by atoms with Gasteiger partial charge in [-0.25, -0.2) is 4.79 Å². The van der Waals surface area contributed by atoms with E-state index >= 15 is 0 Å². The number of ether oxygens (including phenoxy) is 2. The summed E-state index contributed by atoms with van der Waals surface area (Å²) in [6, 6.07) is 11.8. The van der Waals surface area contributed by atoms with E-state index in [2.05, 4.69) is 15.5 Å². The average Bonchev–Trinajstić information content (AvgIpc) is 3.17. The maximum atomic E-state index is 12.7. The lowest BCUT2D eigenvalue weighted by molar-refractivity contribution is -0.125. The molecule has 148 valence electrons. The van der Waals surface area contributed by atoms with Crippen molar-refractivity contribution in [3.63, 3.8) is 0 Å². The van der Waals surface area contributed by atoms with Crippen LogP contribution in [0.5, 0.6) is 0 Å². The Balaban J connectivity index is 1.53. The van der Waals surface area contributed by atoms with Crippen molar-refractivity contribution >= 4 is 40.1 Å². The molecule has 0 radical (unpaired) electrons. The Bertz CT molecular complexity index is 1090. The van der Waals surface area contributed by atoms with E-state index in [1.807, 2.05) is 0 Å². The van der Waals surface area contributed by atoms with E-state index in [1.165, 1.54) is 7.11 Å². The van der Waals surface area contributed by atoms with Crippen molar-refractivity contribution in [2.45, 2.75) is 0 Å². The third-order valence-corrected chi connectivity index (χ3v) is 4.62. The number of hydrogen-bond donors (Lipinski definition) is 2. The number of hydrogen-bond acceptors (Lipinski definition) is 6. The molecule has 0 aliphatic carbocycles. The van der Waals surface area contributed by atoms with Gasteiger partial charge >= 0.3 is 5.97 Å². The van der Waals surface area contributed by atoms with Crippen molar-refractivity contribution < 1.29 is 23.9 Å². The minimum absolute atomic E-state index is 0.0677. The third-order valence-electron chi connectivity index (χ3n) is 4.62. The van der Waals surface area contributed by atoms with Gasteiger partial charge in [0.2, 0.25) is 0 Å². The zero-order chi connectivity index (χ0) is 20.4. The van der Waals surface area contributed by atoms with E-state index in [1.54, 1.807) is 47.4 Å². The quantitative estimate of drug-likeness (QED) is 0.654. The molecule has 0 spiro atoms. The van der Waals surface area contributed by atoms with Crippen LogP contribution < -0.4 is 10.2 Å². The number of morpholine rings is 1. The third kappa shape index (κ3) is 3.67. The number of nitrogens with zero attached hydrogens (tertiary/aromatic N) is 2. The summed E-state index contributed by atoms with van der Waals surface area (Å²) in [5.74, 6) is -1.02. The van der Waals surface area contributed by atoms with Crippen LogP contribution in [-0.2, 0) is 14.3 Å². The molecule has 2 aromatic carbocycles. The highest BCUT2D eigenvalue weighted by Crippen LogP contribution is 2.22. The monoisotopic (exact) mass is 394 g/mol. The van der Waals surface area contributed by atoms with Gasteiger partial charge in [-0.05, 0) is 42.5 Å². The minimum Gasteiger partial charge on any atom is -0.465 e. The van der Waals surface area contributed by atoms with Gasteiger partial charge in [-0.1, -0.05) is 0 Å². The molecule has 4 rings (SSSR count). The van der Waals surface area contributed by atoms with Crippen LogP contribution in [0.2, 0.25) is 0 Å². The first kappa shape index (κ1) is 18.6. The van der Waals surface area contributed by atoms with Crippen molar-refractivity contribution in [2.24, 2.45) is 0 Å². The average molecular weight is 394 g/mol. The minimum atomic E-state index is -0.493. The molecule has 0 saturated carbocycles. The summed E-state index contributed by atoms with van der Waals surface area (Å²) >= 11 is 0. The topological polar surface area (TPSA) is 114 Å². The fourth-order valence-corrected chi connectivity index (χ4v) is 3.14. The number of aromatic nitrogens is 2. The van der Waals surface area contributed by atoms with Crippen LogP contribution in [0.3, 0.4) is 0 Å². The molecular formula is C20H18N4O5. The SMILES string of the molecule is COC(=O)c1ccc2[nH]nc(C(=O)Nc3ccc(N4CCOCC4=O)cc3)c2c1. The Morgan fingerprint density at radius 1 is 1.21 bits per heavy atom. The van der Waals surface area contributed by atoms with Crippen molar-refractivity contribution in [3.05, 3.63) is 53.7 Å². The molecular weight excluding hydrogens is 376 g/mol. The number of esters is 1. The zero-order valence-electron chi connectivity index (χ0n) is 15.6. The first-order chi connectivity index (χ1) is 14.1. The maximum Gasteiger partial charge on any atom is 0.337 e. The standard InChI is InChI=1S/C20H18N4O5/c1-28-20(27)12-2-7-16-15(10-12)18(23-22-16)19(26)21-13-3-5-14(6-4-13)24-8-9-29-11-17(24)25/h2-7,10H,8-9,11H2,1H3,(H,21,26)(H,22,23). The number of carbonyl (C=O) groups excluding carboxylic acids is 3. The molecule has 2 heterocycles. The highest BCUT2D eigenvalue weighted by atomic mass is 16.5. The lowest BCUT2D eigenvalue weighted by atomic mass is 10.1. The summed E-state index contributed by atoms with van der Waals surface area (Å²) in [6.07, 6.45) is 0. The highest BCUT2D eigenvalue weighted by Gasteiger charge is 2.20. The van der Waals surface area contributed by atoms with Gasteiger partial charge in [-0.2, -0.15) is 5.10 Å². The number of H-pyrrole nitrogens is 1. The number of fused-ring (bicyclic) bond motifs is 1. The van der Waals surface area contributed by atoms with E-state index < -0.39 is 11.9 Å². The van der Waals surface area contributed by atoms with Crippen molar-refractivity contribution in [1.29, 1.82) is 0 Å². The lowest BCUT2D eigenvalue weighted by Crippen LogP contribution is -2.41. The number of rotatable bonds is 4. The Morgan fingerprint density at radius 2 is 2.00 bits per heavy atom. The Hall–Kier alpha value is -3.72. The lowest BCUT2D eigenvalue weighted by Gasteiger charge is -2.26. The summed E-state index contributed by atoms with van der Waals surface area (Å²) in [5, 5.41) is 10.1. The Labute approximate surface area is 165 Å². The van der Waals surface area contributed by atoms with Gasteiger partial charge in [0.05, 0.1) is 24.8 Å². The fourth-order valence-electron chi connectivity index (χ4n) is 3.14. The molecule has 0 bridgehead atoms. The van der Waals surface area contributed by atoms with Gasteiger partial charge < -0.3 is 19.7 Å². The van der Waals surface area contributed by atoms with Gasteiger partial charge in [0.1, 0.15) is 6.61 Å². The molecule has 2 amide bonds. The van der Waals surface area contributed by atoms with Crippen LogP contribution in [0.15, 0.2) is 42.5 Å². The first-order valence-corrected chi connectivity index (χ1v) is 8.93. The second-order valence-electron chi connectivity index (χ2n) is 6.42. The van der Waals surface area contributed by atoms with Crippen molar-refractivity contribution in [2.75, 3.05) is 37.1 Å². The predicted molar refractivity (Wildman–Crippen MR) is 105 cm³/mol. The molecule has 2 N–H and O–H groups in total. The predicted octanol–water partition coefficient (Wildman–Crippen LogP) is 1.96. The van der Waals surface area contributed by atoms with E-state index in [9.17, 15) is 14.4 Å². The molecule has 1 aromatic heterocycles. The van der Waals surface area contributed by atoms with Crippen LogP contribution in [0.25, 0.3) is 10.9 Å². The number of carbonyl (C=O) groups is 3. The number of nitrogens with one attached hydrogen (secondary N) is 2. The summed E-state index contributed by atoms with van der Waals surface area (Å²) in [4.78, 5) is 38.0. The molecule has 1 saturated heterocycles. The zero-order valence-corrected chi connectivity index (χ0v) is 15.6. The van der Waals surface area contributed by atoms with E-state index in [-0.39, 0.29) is 18.2 Å². The molecule has 29 heavy (non-hydrogen) atoms. The van der Waals surface area contributed by atoms with Crippen LogP contribution in [0, 0.1) is 0 Å². The van der Waals surface area contributed by atoms with Crippen molar-refractivity contribution in [3.8, 4) is 0 Å². The summed E-state index contributed by atoms with van der Waals surface area (Å²) in [5.41, 5.74) is 2.42. The van der Waals surface area contributed by atoms with Crippen LogP contribution in [-0.4, -0.2) is 54.8 Å². The first-order valence-electron chi connectivity index (χ1n) is 8.93. The van der Waals surface area contributed by atoms with Crippen molar-refractivity contribution in [1.82, 2.24) is 10.2 Å².